The maximum absolute atomic E-state index is 12.8. The first kappa shape index (κ1) is 13.5. The smallest absolute Gasteiger partial charge is 0.123 e. The number of benzene rings is 2. The highest BCUT2D eigenvalue weighted by Gasteiger charge is 2.06. The van der Waals surface area contributed by atoms with Crippen LogP contribution in [-0.4, -0.2) is 11.7 Å². The topological polar surface area (TPSA) is 55.5 Å². The van der Waals surface area contributed by atoms with Gasteiger partial charge < -0.3 is 15.6 Å². The molecule has 19 heavy (non-hydrogen) atoms. The lowest BCUT2D eigenvalue weighted by Crippen LogP contribution is -2.11. The summed E-state index contributed by atoms with van der Waals surface area (Å²) in [6, 6.07) is 13.3. The third-order valence-corrected chi connectivity index (χ3v) is 2.78. The minimum absolute atomic E-state index is 0.168. The van der Waals surface area contributed by atoms with Gasteiger partial charge in [-0.2, -0.15) is 0 Å². The van der Waals surface area contributed by atoms with E-state index in [1.807, 2.05) is 0 Å². The highest BCUT2D eigenvalue weighted by Crippen LogP contribution is 2.19. The Morgan fingerprint density at radius 1 is 1.16 bits per heavy atom. The van der Waals surface area contributed by atoms with Crippen molar-refractivity contribution in [3.8, 4) is 5.75 Å². The molecule has 0 spiro atoms. The Balaban J connectivity index is 2.01. The van der Waals surface area contributed by atoms with Crippen LogP contribution in [0.25, 0.3) is 0 Å². The summed E-state index contributed by atoms with van der Waals surface area (Å²) >= 11 is 0. The van der Waals surface area contributed by atoms with Gasteiger partial charge in [0.1, 0.15) is 18.2 Å². The van der Waals surface area contributed by atoms with Crippen LogP contribution in [0.5, 0.6) is 5.75 Å². The van der Waals surface area contributed by atoms with E-state index in [9.17, 15) is 9.50 Å². The molecule has 100 valence electrons. The molecule has 2 rings (SSSR count). The SMILES string of the molecule is NCC(O)c1cccc(OCc2ccc(F)cc2)c1. The number of halogens is 1. The Morgan fingerprint density at radius 2 is 1.89 bits per heavy atom. The van der Waals surface area contributed by atoms with Gasteiger partial charge in [0.05, 0.1) is 6.10 Å². The quantitative estimate of drug-likeness (QED) is 0.869. The fourth-order valence-corrected chi connectivity index (χ4v) is 1.69. The van der Waals surface area contributed by atoms with Crippen LogP contribution in [0.4, 0.5) is 4.39 Å². The summed E-state index contributed by atoms with van der Waals surface area (Å²) in [5.41, 5.74) is 7.01. The van der Waals surface area contributed by atoms with E-state index in [0.717, 1.165) is 11.1 Å². The van der Waals surface area contributed by atoms with Gasteiger partial charge in [-0.15, -0.1) is 0 Å². The molecule has 0 amide bonds. The molecular formula is C15H16FNO2. The monoisotopic (exact) mass is 261 g/mol. The molecule has 3 N–H and O–H groups in total. The molecule has 0 heterocycles. The Bertz CT molecular complexity index is 528. The van der Waals surface area contributed by atoms with Gasteiger partial charge in [-0.25, -0.2) is 4.39 Å². The van der Waals surface area contributed by atoms with Crippen LogP contribution in [-0.2, 0) is 6.61 Å². The zero-order valence-electron chi connectivity index (χ0n) is 10.4. The van der Waals surface area contributed by atoms with Crippen molar-refractivity contribution in [2.45, 2.75) is 12.7 Å². The van der Waals surface area contributed by atoms with Crippen LogP contribution in [0.1, 0.15) is 17.2 Å². The van der Waals surface area contributed by atoms with Crippen LogP contribution < -0.4 is 10.5 Å². The molecule has 1 atom stereocenters. The van der Waals surface area contributed by atoms with Gasteiger partial charge in [0.15, 0.2) is 0 Å². The number of hydrogen-bond acceptors (Lipinski definition) is 3. The zero-order valence-corrected chi connectivity index (χ0v) is 10.4. The van der Waals surface area contributed by atoms with Crippen molar-refractivity contribution in [2.24, 2.45) is 5.73 Å². The van der Waals surface area contributed by atoms with Gasteiger partial charge in [0, 0.05) is 6.54 Å². The van der Waals surface area contributed by atoms with Crippen molar-refractivity contribution in [3.63, 3.8) is 0 Å². The highest BCUT2D eigenvalue weighted by molar-refractivity contribution is 5.30. The van der Waals surface area contributed by atoms with Crippen LogP contribution in [0.3, 0.4) is 0 Å². The number of aliphatic hydroxyl groups is 1. The largest absolute Gasteiger partial charge is 0.489 e. The summed E-state index contributed by atoms with van der Waals surface area (Å²) < 4.78 is 18.3. The fourth-order valence-electron chi connectivity index (χ4n) is 1.69. The number of aliphatic hydroxyl groups excluding tert-OH is 1. The summed E-state index contributed by atoms with van der Waals surface area (Å²) in [6.45, 7) is 0.518. The van der Waals surface area contributed by atoms with Crippen molar-refractivity contribution >= 4 is 0 Å². The Kier molecular flexibility index (Phi) is 4.49. The third-order valence-electron chi connectivity index (χ3n) is 2.78. The van der Waals surface area contributed by atoms with Gasteiger partial charge in [0.2, 0.25) is 0 Å². The van der Waals surface area contributed by atoms with Crippen molar-refractivity contribution in [1.29, 1.82) is 0 Å². The van der Waals surface area contributed by atoms with E-state index in [1.54, 1.807) is 36.4 Å². The summed E-state index contributed by atoms with van der Waals surface area (Å²) in [6.07, 6.45) is -0.686. The lowest BCUT2D eigenvalue weighted by molar-refractivity contribution is 0.186. The molecule has 3 nitrogen and oxygen atoms in total. The van der Waals surface area contributed by atoms with Crippen molar-refractivity contribution in [1.82, 2.24) is 0 Å². The average Bonchev–Trinajstić information content (AvgIpc) is 2.46. The maximum Gasteiger partial charge on any atom is 0.123 e. The minimum Gasteiger partial charge on any atom is -0.489 e. The van der Waals surface area contributed by atoms with Gasteiger partial charge in [-0.05, 0) is 35.4 Å². The van der Waals surface area contributed by atoms with Gasteiger partial charge in [0.25, 0.3) is 0 Å². The van der Waals surface area contributed by atoms with Gasteiger partial charge in [-0.3, -0.25) is 0 Å². The third kappa shape index (κ3) is 3.77. The van der Waals surface area contributed by atoms with Gasteiger partial charge >= 0.3 is 0 Å². The van der Waals surface area contributed by atoms with Crippen molar-refractivity contribution in [3.05, 3.63) is 65.5 Å². The lowest BCUT2D eigenvalue weighted by Gasteiger charge is -2.11. The molecule has 0 saturated heterocycles. The van der Waals surface area contributed by atoms with Gasteiger partial charge in [-0.1, -0.05) is 24.3 Å². The molecule has 2 aromatic rings. The first-order chi connectivity index (χ1) is 9.19. The Morgan fingerprint density at radius 3 is 2.58 bits per heavy atom. The first-order valence-corrected chi connectivity index (χ1v) is 6.04. The van der Waals surface area contributed by atoms with E-state index in [1.165, 1.54) is 12.1 Å². The zero-order chi connectivity index (χ0) is 13.7. The molecular weight excluding hydrogens is 245 g/mol. The van der Waals surface area contributed by atoms with E-state index < -0.39 is 6.10 Å². The number of rotatable bonds is 5. The molecule has 2 aromatic carbocycles. The van der Waals surface area contributed by atoms with E-state index in [-0.39, 0.29) is 12.4 Å². The predicted octanol–water partition coefficient (Wildman–Crippen LogP) is 2.40. The summed E-state index contributed by atoms with van der Waals surface area (Å²) in [5, 5.41) is 9.65. The van der Waals surface area contributed by atoms with Crippen LogP contribution in [0.15, 0.2) is 48.5 Å². The number of ether oxygens (including phenoxy) is 1. The van der Waals surface area contributed by atoms with E-state index in [4.69, 9.17) is 10.5 Å². The number of nitrogens with two attached hydrogens (primary N) is 1. The van der Waals surface area contributed by atoms with E-state index >= 15 is 0 Å². The number of hydrogen-bond donors (Lipinski definition) is 2. The maximum atomic E-state index is 12.8. The Labute approximate surface area is 111 Å². The molecule has 1 unspecified atom stereocenters. The van der Waals surface area contributed by atoms with Crippen molar-refractivity contribution in [2.75, 3.05) is 6.54 Å². The molecule has 0 aromatic heterocycles. The molecule has 4 heteroatoms. The summed E-state index contributed by atoms with van der Waals surface area (Å²) in [5.74, 6) is 0.381. The average molecular weight is 261 g/mol. The van der Waals surface area contributed by atoms with Crippen LogP contribution in [0, 0.1) is 5.82 Å². The summed E-state index contributed by atoms with van der Waals surface area (Å²) in [7, 11) is 0. The van der Waals surface area contributed by atoms with E-state index in [0.29, 0.717) is 12.4 Å². The standard InChI is InChI=1S/C15H16FNO2/c16-13-6-4-11(5-7-13)10-19-14-3-1-2-12(8-14)15(18)9-17/h1-8,15,18H,9-10,17H2. The van der Waals surface area contributed by atoms with Crippen molar-refractivity contribution < 1.29 is 14.2 Å². The van der Waals surface area contributed by atoms with Crippen LogP contribution in [0.2, 0.25) is 0 Å². The molecule has 0 bridgehead atoms. The molecule has 0 saturated carbocycles. The van der Waals surface area contributed by atoms with Crippen LogP contribution >= 0.6 is 0 Å². The highest BCUT2D eigenvalue weighted by atomic mass is 19.1. The molecule has 0 radical (unpaired) electrons. The second kappa shape index (κ2) is 6.31. The molecule has 0 aliphatic rings. The normalized spacial score (nSPS) is 12.2. The second-order valence-corrected chi connectivity index (χ2v) is 4.24. The van der Waals surface area contributed by atoms with E-state index in [2.05, 4.69) is 0 Å². The first-order valence-electron chi connectivity index (χ1n) is 6.04. The lowest BCUT2D eigenvalue weighted by atomic mass is 10.1. The minimum atomic E-state index is -0.686. The predicted molar refractivity (Wildman–Crippen MR) is 71.2 cm³/mol. The fraction of sp³-hybridized carbons (Fsp3) is 0.200. The molecule has 0 fully saturated rings. The Hall–Kier alpha value is -1.91. The second-order valence-electron chi connectivity index (χ2n) is 4.24. The molecule has 0 aliphatic carbocycles. The summed E-state index contributed by atoms with van der Waals surface area (Å²) in [4.78, 5) is 0. The molecule has 0 aliphatic heterocycles.